The number of hydrogen-bond acceptors (Lipinski definition) is 5. The Morgan fingerprint density at radius 2 is 1.67 bits per heavy atom. The lowest BCUT2D eigenvalue weighted by Crippen LogP contribution is -2.59. The van der Waals surface area contributed by atoms with Crippen LogP contribution < -0.4 is 4.90 Å². The maximum atomic E-state index is 13.4. The molecular formula is C26H29N5O2. The number of piperazine rings is 1. The molecule has 1 aliphatic heterocycles. The van der Waals surface area contributed by atoms with Crippen LogP contribution in [0, 0.1) is 0 Å². The van der Waals surface area contributed by atoms with Gasteiger partial charge in [0, 0.05) is 52.5 Å². The first kappa shape index (κ1) is 22.5. The molecule has 2 heterocycles. The molecule has 0 saturated carbocycles. The van der Waals surface area contributed by atoms with Crippen LogP contribution in [0.1, 0.15) is 22.8 Å². The maximum Gasteiger partial charge on any atom is 0.257 e. The zero-order chi connectivity index (χ0) is 23.4. The van der Waals surface area contributed by atoms with Crippen molar-refractivity contribution in [2.24, 2.45) is 0 Å². The molecular weight excluding hydrogens is 414 g/mol. The van der Waals surface area contributed by atoms with Crippen LogP contribution in [0.2, 0.25) is 0 Å². The Kier molecular flexibility index (Phi) is 6.68. The van der Waals surface area contributed by atoms with Gasteiger partial charge in [-0.1, -0.05) is 54.6 Å². The summed E-state index contributed by atoms with van der Waals surface area (Å²) in [5, 5.41) is 0. The van der Waals surface area contributed by atoms with Crippen LogP contribution in [0.4, 0.5) is 5.95 Å². The highest BCUT2D eigenvalue weighted by molar-refractivity contribution is 5.98. The van der Waals surface area contributed by atoms with Gasteiger partial charge in [-0.25, -0.2) is 9.97 Å². The van der Waals surface area contributed by atoms with E-state index < -0.39 is 6.04 Å². The molecule has 1 saturated heterocycles. The molecule has 4 rings (SSSR count). The minimum atomic E-state index is -0.579. The van der Waals surface area contributed by atoms with Gasteiger partial charge in [0.15, 0.2) is 0 Å². The predicted molar refractivity (Wildman–Crippen MR) is 129 cm³/mol. The smallest absolute Gasteiger partial charge is 0.257 e. The van der Waals surface area contributed by atoms with Crippen molar-refractivity contribution in [1.29, 1.82) is 0 Å². The molecule has 1 aromatic heterocycles. The van der Waals surface area contributed by atoms with Crippen LogP contribution >= 0.6 is 0 Å². The molecule has 0 bridgehead atoms. The Balaban J connectivity index is 1.66. The monoisotopic (exact) mass is 443 g/mol. The fourth-order valence-electron chi connectivity index (χ4n) is 4.23. The highest BCUT2D eigenvalue weighted by atomic mass is 16.2. The van der Waals surface area contributed by atoms with Crippen molar-refractivity contribution in [2.45, 2.75) is 19.4 Å². The van der Waals surface area contributed by atoms with Crippen LogP contribution in [0.25, 0.3) is 11.1 Å². The zero-order valence-corrected chi connectivity index (χ0v) is 19.3. The summed E-state index contributed by atoms with van der Waals surface area (Å²) in [6, 6.07) is 17.6. The first-order chi connectivity index (χ1) is 16.0. The van der Waals surface area contributed by atoms with Crippen molar-refractivity contribution < 1.29 is 9.59 Å². The summed E-state index contributed by atoms with van der Waals surface area (Å²) in [5.41, 5.74) is 3.59. The third-order valence-corrected chi connectivity index (χ3v) is 6.03. The van der Waals surface area contributed by atoms with E-state index in [1.165, 1.54) is 12.4 Å². The SMILES string of the molecule is CCN1CCN(C(=O)c2cnc(N(C)C)nc2)C(Cc2ccccc2-c2ccccc2)C1=O. The largest absolute Gasteiger partial charge is 0.347 e. The number of hydrogen-bond donors (Lipinski definition) is 0. The summed E-state index contributed by atoms with van der Waals surface area (Å²) in [6.45, 7) is 3.59. The number of aromatic nitrogens is 2. The molecule has 2 amide bonds. The summed E-state index contributed by atoms with van der Waals surface area (Å²) in [7, 11) is 3.69. The molecule has 0 radical (unpaired) electrons. The number of amides is 2. The van der Waals surface area contributed by atoms with Crippen molar-refractivity contribution in [1.82, 2.24) is 19.8 Å². The van der Waals surface area contributed by atoms with Gasteiger partial charge < -0.3 is 14.7 Å². The topological polar surface area (TPSA) is 69.6 Å². The number of carbonyl (C=O) groups is 2. The first-order valence-electron chi connectivity index (χ1n) is 11.2. The molecule has 33 heavy (non-hydrogen) atoms. The van der Waals surface area contributed by atoms with E-state index in [0.717, 1.165) is 16.7 Å². The summed E-state index contributed by atoms with van der Waals surface area (Å²) in [4.78, 5) is 40.7. The standard InChI is InChI=1S/C26H29N5O2/c1-4-30-14-15-31(24(32)21-17-27-26(28-18-21)29(2)3)23(25(30)33)16-20-12-8-9-13-22(20)19-10-6-5-7-11-19/h5-13,17-18,23H,4,14-16H2,1-3H3. The van der Waals surface area contributed by atoms with Gasteiger partial charge in [0.1, 0.15) is 6.04 Å². The molecule has 0 aliphatic carbocycles. The second kappa shape index (κ2) is 9.81. The summed E-state index contributed by atoms with van der Waals surface area (Å²) >= 11 is 0. The van der Waals surface area contributed by atoms with Crippen molar-refractivity contribution >= 4 is 17.8 Å². The van der Waals surface area contributed by atoms with Crippen molar-refractivity contribution in [3.8, 4) is 11.1 Å². The highest BCUT2D eigenvalue weighted by Gasteiger charge is 2.37. The number of nitrogens with zero attached hydrogens (tertiary/aromatic N) is 5. The molecule has 1 fully saturated rings. The average molecular weight is 444 g/mol. The summed E-state index contributed by atoms with van der Waals surface area (Å²) in [6.07, 6.45) is 3.52. The molecule has 1 aliphatic rings. The average Bonchev–Trinajstić information content (AvgIpc) is 2.85. The van der Waals surface area contributed by atoms with Gasteiger partial charge in [-0.15, -0.1) is 0 Å². The van der Waals surface area contributed by atoms with E-state index in [1.807, 2.05) is 62.3 Å². The lowest BCUT2D eigenvalue weighted by molar-refractivity contribution is -0.139. The van der Waals surface area contributed by atoms with Crippen molar-refractivity contribution in [3.05, 3.63) is 78.1 Å². The van der Waals surface area contributed by atoms with Crippen LogP contribution in [-0.2, 0) is 11.2 Å². The van der Waals surface area contributed by atoms with Gasteiger partial charge in [-0.2, -0.15) is 0 Å². The van der Waals surface area contributed by atoms with Gasteiger partial charge in [0.25, 0.3) is 5.91 Å². The van der Waals surface area contributed by atoms with Gasteiger partial charge in [-0.05, 0) is 23.6 Å². The Morgan fingerprint density at radius 3 is 2.33 bits per heavy atom. The molecule has 170 valence electrons. The van der Waals surface area contributed by atoms with E-state index in [0.29, 0.717) is 37.6 Å². The number of carbonyl (C=O) groups excluding carboxylic acids is 2. The van der Waals surface area contributed by atoms with Crippen LogP contribution in [0.5, 0.6) is 0 Å². The van der Waals surface area contributed by atoms with E-state index in [2.05, 4.69) is 28.2 Å². The lowest BCUT2D eigenvalue weighted by Gasteiger charge is -2.40. The normalized spacial score (nSPS) is 16.1. The van der Waals surface area contributed by atoms with Gasteiger partial charge in [-0.3, -0.25) is 9.59 Å². The maximum absolute atomic E-state index is 13.4. The van der Waals surface area contributed by atoms with Crippen LogP contribution in [-0.4, -0.2) is 71.4 Å². The fourth-order valence-corrected chi connectivity index (χ4v) is 4.23. The Hall–Kier alpha value is -3.74. The quantitative estimate of drug-likeness (QED) is 0.586. The summed E-state index contributed by atoms with van der Waals surface area (Å²) < 4.78 is 0. The number of likely N-dealkylation sites (N-methyl/N-ethyl adjacent to an activating group) is 1. The second-order valence-corrected chi connectivity index (χ2v) is 8.33. The third kappa shape index (κ3) is 4.72. The molecule has 7 nitrogen and oxygen atoms in total. The fraction of sp³-hybridized carbons (Fsp3) is 0.308. The molecule has 7 heteroatoms. The zero-order valence-electron chi connectivity index (χ0n) is 19.3. The van der Waals surface area contributed by atoms with Gasteiger partial charge >= 0.3 is 0 Å². The molecule has 1 unspecified atom stereocenters. The van der Waals surface area contributed by atoms with Gasteiger partial charge in [0.2, 0.25) is 11.9 Å². The first-order valence-corrected chi connectivity index (χ1v) is 11.2. The molecule has 1 atom stereocenters. The number of benzene rings is 2. The van der Waals surface area contributed by atoms with Crippen LogP contribution in [0.3, 0.4) is 0 Å². The minimum absolute atomic E-state index is 0.0224. The summed E-state index contributed by atoms with van der Waals surface area (Å²) in [5.74, 6) is 0.296. The Morgan fingerprint density at radius 1 is 1.00 bits per heavy atom. The van der Waals surface area contributed by atoms with Gasteiger partial charge in [0.05, 0.1) is 5.56 Å². The van der Waals surface area contributed by atoms with Crippen molar-refractivity contribution in [3.63, 3.8) is 0 Å². The van der Waals surface area contributed by atoms with Crippen molar-refractivity contribution in [2.75, 3.05) is 38.6 Å². The van der Waals surface area contributed by atoms with Crippen LogP contribution in [0.15, 0.2) is 67.0 Å². The van der Waals surface area contributed by atoms with E-state index in [4.69, 9.17) is 0 Å². The molecule has 0 spiro atoms. The molecule has 0 N–H and O–H groups in total. The van der Waals surface area contributed by atoms with E-state index >= 15 is 0 Å². The highest BCUT2D eigenvalue weighted by Crippen LogP contribution is 2.27. The number of rotatable bonds is 6. The van der Waals surface area contributed by atoms with E-state index in [1.54, 1.807) is 9.80 Å². The number of anilines is 1. The minimum Gasteiger partial charge on any atom is -0.347 e. The van der Waals surface area contributed by atoms with E-state index in [9.17, 15) is 9.59 Å². The Labute approximate surface area is 194 Å². The predicted octanol–water partition coefficient (Wildman–Crippen LogP) is 3.13. The molecule has 2 aromatic carbocycles. The Bertz CT molecular complexity index is 1120. The molecule has 3 aromatic rings. The third-order valence-electron chi connectivity index (χ3n) is 6.03. The van der Waals surface area contributed by atoms with E-state index in [-0.39, 0.29) is 11.8 Å². The second-order valence-electron chi connectivity index (χ2n) is 8.33. The lowest BCUT2D eigenvalue weighted by atomic mass is 9.93.